The number of anilines is 1. The lowest BCUT2D eigenvalue weighted by Gasteiger charge is -2.31. The van der Waals surface area contributed by atoms with E-state index in [4.69, 9.17) is 9.72 Å². The van der Waals surface area contributed by atoms with Crippen LogP contribution in [-0.4, -0.2) is 47.3 Å². The number of hydrogen-bond donors (Lipinski definition) is 0. The molecule has 3 heterocycles. The molecule has 2 aliphatic rings. The van der Waals surface area contributed by atoms with E-state index in [1.807, 2.05) is 47.9 Å². The Morgan fingerprint density at radius 3 is 2.11 bits per heavy atom. The van der Waals surface area contributed by atoms with Gasteiger partial charge in [0.05, 0.1) is 30.5 Å². The number of ether oxygens (including phenoxy) is 1. The van der Waals surface area contributed by atoms with Crippen molar-refractivity contribution in [2.24, 2.45) is 0 Å². The van der Waals surface area contributed by atoms with E-state index in [0.29, 0.717) is 6.54 Å². The first kappa shape index (κ1) is 24.6. The maximum Gasteiger partial charge on any atom is 0.259 e. The molecule has 6 heteroatoms. The monoisotopic (exact) mass is 506 g/mol. The summed E-state index contributed by atoms with van der Waals surface area (Å²) in [6.07, 6.45) is 0.791. The number of morpholine rings is 1. The van der Waals surface area contributed by atoms with Crippen LogP contribution in [0.25, 0.3) is 0 Å². The third kappa shape index (κ3) is 5.02. The first-order chi connectivity index (χ1) is 18.7. The van der Waals surface area contributed by atoms with E-state index in [-0.39, 0.29) is 11.6 Å². The highest BCUT2D eigenvalue weighted by molar-refractivity contribution is 5.48. The van der Waals surface area contributed by atoms with Gasteiger partial charge in [0.2, 0.25) is 0 Å². The van der Waals surface area contributed by atoms with Crippen molar-refractivity contribution >= 4 is 5.69 Å². The average molecular weight is 507 g/mol. The lowest BCUT2D eigenvalue weighted by Crippen LogP contribution is -2.40. The SMILES string of the molecule is Cc1nc2c(c(=O)n1C(c1ccccc1)c1ccccc1)CN(Cc1ccc(N3CCOCC3)cc1)CC2. The molecule has 0 radical (unpaired) electrons. The zero-order valence-corrected chi connectivity index (χ0v) is 21.9. The van der Waals surface area contributed by atoms with Crippen LogP contribution in [0.1, 0.15) is 39.8 Å². The number of hydrogen-bond acceptors (Lipinski definition) is 5. The van der Waals surface area contributed by atoms with Gasteiger partial charge in [0, 0.05) is 44.8 Å². The molecule has 1 saturated heterocycles. The predicted molar refractivity (Wildman–Crippen MR) is 151 cm³/mol. The molecule has 0 bridgehead atoms. The third-order valence-corrected chi connectivity index (χ3v) is 7.72. The van der Waals surface area contributed by atoms with Gasteiger partial charge in [-0.05, 0) is 35.7 Å². The minimum Gasteiger partial charge on any atom is -0.378 e. The zero-order chi connectivity index (χ0) is 25.9. The summed E-state index contributed by atoms with van der Waals surface area (Å²) in [6, 6.07) is 29.2. The lowest BCUT2D eigenvalue weighted by molar-refractivity contribution is 0.122. The van der Waals surface area contributed by atoms with Gasteiger partial charge in [-0.15, -0.1) is 0 Å². The normalized spacial score (nSPS) is 16.0. The van der Waals surface area contributed by atoms with E-state index in [9.17, 15) is 4.79 Å². The van der Waals surface area contributed by atoms with E-state index in [1.165, 1.54) is 11.3 Å². The first-order valence-electron chi connectivity index (χ1n) is 13.5. The minimum atomic E-state index is -0.217. The summed E-state index contributed by atoms with van der Waals surface area (Å²) in [5, 5.41) is 0. The molecule has 2 aliphatic heterocycles. The van der Waals surface area contributed by atoms with Gasteiger partial charge in [-0.25, -0.2) is 4.98 Å². The van der Waals surface area contributed by atoms with Crippen molar-refractivity contribution in [1.82, 2.24) is 14.5 Å². The molecule has 0 spiro atoms. The Balaban J connectivity index is 1.28. The van der Waals surface area contributed by atoms with E-state index < -0.39 is 0 Å². The number of benzene rings is 3. The van der Waals surface area contributed by atoms with E-state index in [0.717, 1.165) is 74.0 Å². The summed E-state index contributed by atoms with van der Waals surface area (Å²) in [4.78, 5) is 23.8. The van der Waals surface area contributed by atoms with Crippen LogP contribution in [0.5, 0.6) is 0 Å². The molecular formula is C32H34N4O2. The van der Waals surface area contributed by atoms with Gasteiger partial charge in [0.25, 0.3) is 5.56 Å². The van der Waals surface area contributed by atoms with Crippen LogP contribution >= 0.6 is 0 Å². The van der Waals surface area contributed by atoms with Gasteiger partial charge in [0.1, 0.15) is 5.82 Å². The third-order valence-electron chi connectivity index (χ3n) is 7.72. The van der Waals surface area contributed by atoms with Crippen LogP contribution in [0.2, 0.25) is 0 Å². The minimum absolute atomic E-state index is 0.0672. The fourth-order valence-electron chi connectivity index (χ4n) is 5.76. The Morgan fingerprint density at radius 1 is 0.842 bits per heavy atom. The standard InChI is InChI=1S/C32H34N4O2/c1-24-33-30-16-17-34(22-25-12-14-28(15-13-25)35-18-20-38-21-19-35)23-29(30)32(37)36(24)31(26-8-4-2-5-9-26)27-10-6-3-7-11-27/h2-15,31H,16-23H2,1H3. The molecule has 38 heavy (non-hydrogen) atoms. The molecule has 0 aliphatic carbocycles. The summed E-state index contributed by atoms with van der Waals surface area (Å²) in [6.45, 7) is 7.74. The quantitative estimate of drug-likeness (QED) is 0.383. The first-order valence-corrected chi connectivity index (χ1v) is 13.5. The van der Waals surface area contributed by atoms with Gasteiger partial charge in [-0.1, -0.05) is 72.8 Å². The van der Waals surface area contributed by atoms with Crippen molar-refractivity contribution in [2.75, 3.05) is 37.7 Å². The molecule has 0 unspecified atom stereocenters. The van der Waals surface area contributed by atoms with E-state index in [1.54, 1.807) is 0 Å². The molecule has 0 N–H and O–H groups in total. The van der Waals surface area contributed by atoms with Crippen molar-refractivity contribution < 1.29 is 4.74 Å². The maximum absolute atomic E-state index is 14.1. The maximum atomic E-state index is 14.1. The second-order valence-electron chi connectivity index (χ2n) is 10.2. The number of nitrogens with zero attached hydrogens (tertiary/aromatic N) is 4. The Labute approximate surface area is 224 Å². The Hall–Kier alpha value is -3.74. The lowest BCUT2D eigenvalue weighted by atomic mass is 9.97. The molecular weight excluding hydrogens is 472 g/mol. The van der Waals surface area contributed by atoms with Crippen molar-refractivity contribution in [3.05, 3.63) is 129 Å². The predicted octanol–water partition coefficient (Wildman–Crippen LogP) is 4.58. The molecule has 1 fully saturated rings. The summed E-state index contributed by atoms with van der Waals surface area (Å²) in [5.41, 5.74) is 6.51. The number of aromatic nitrogens is 2. The van der Waals surface area contributed by atoms with Gasteiger partial charge < -0.3 is 9.64 Å². The molecule has 4 aromatic rings. The molecule has 0 amide bonds. The Morgan fingerprint density at radius 2 is 1.47 bits per heavy atom. The summed E-state index contributed by atoms with van der Waals surface area (Å²) < 4.78 is 7.38. The van der Waals surface area contributed by atoms with Crippen molar-refractivity contribution in [1.29, 1.82) is 0 Å². The number of fused-ring (bicyclic) bond motifs is 1. The van der Waals surface area contributed by atoms with Crippen LogP contribution in [0.3, 0.4) is 0 Å². The van der Waals surface area contributed by atoms with Gasteiger partial charge in [-0.2, -0.15) is 0 Å². The molecule has 3 aromatic carbocycles. The number of rotatable bonds is 6. The van der Waals surface area contributed by atoms with Gasteiger partial charge >= 0.3 is 0 Å². The van der Waals surface area contributed by atoms with Crippen LogP contribution in [-0.2, 0) is 24.2 Å². The van der Waals surface area contributed by atoms with Gasteiger partial charge in [-0.3, -0.25) is 14.3 Å². The highest BCUT2D eigenvalue weighted by atomic mass is 16.5. The topological polar surface area (TPSA) is 50.6 Å². The van der Waals surface area contributed by atoms with Crippen molar-refractivity contribution in [3.63, 3.8) is 0 Å². The molecule has 1 aromatic heterocycles. The highest BCUT2D eigenvalue weighted by Gasteiger charge is 2.27. The summed E-state index contributed by atoms with van der Waals surface area (Å²) in [7, 11) is 0. The van der Waals surface area contributed by atoms with Crippen LogP contribution in [0.15, 0.2) is 89.7 Å². The van der Waals surface area contributed by atoms with Crippen LogP contribution < -0.4 is 10.5 Å². The van der Waals surface area contributed by atoms with E-state index in [2.05, 4.69) is 58.3 Å². The molecule has 194 valence electrons. The fourth-order valence-corrected chi connectivity index (χ4v) is 5.76. The Bertz CT molecular complexity index is 1390. The van der Waals surface area contributed by atoms with Crippen LogP contribution in [0.4, 0.5) is 5.69 Å². The van der Waals surface area contributed by atoms with Crippen LogP contribution in [0, 0.1) is 6.92 Å². The smallest absolute Gasteiger partial charge is 0.259 e. The molecule has 6 rings (SSSR count). The number of aryl methyl sites for hydroxylation is 1. The second kappa shape index (κ2) is 10.9. The molecule has 0 atom stereocenters. The zero-order valence-electron chi connectivity index (χ0n) is 21.9. The molecule has 6 nitrogen and oxygen atoms in total. The van der Waals surface area contributed by atoms with Crippen molar-refractivity contribution in [3.8, 4) is 0 Å². The summed E-state index contributed by atoms with van der Waals surface area (Å²) in [5.74, 6) is 0.763. The fraction of sp³-hybridized carbons (Fsp3) is 0.312. The van der Waals surface area contributed by atoms with Crippen molar-refractivity contribution in [2.45, 2.75) is 32.5 Å². The summed E-state index contributed by atoms with van der Waals surface area (Å²) >= 11 is 0. The molecule has 0 saturated carbocycles. The largest absolute Gasteiger partial charge is 0.378 e. The highest BCUT2D eigenvalue weighted by Crippen LogP contribution is 2.28. The average Bonchev–Trinajstić information content (AvgIpc) is 2.97. The van der Waals surface area contributed by atoms with E-state index >= 15 is 0 Å². The van der Waals surface area contributed by atoms with Gasteiger partial charge in [0.15, 0.2) is 0 Å². The Kier molecular flexibility index (Phi) is 7.08. The second-order valence-corrected chi connectivity index (χ2v) is 10.2.